The van der Waals surface area contributed by atoms with Gasteiger partial charge in [-0.3, -0.25) is 4.79 Å². The normalized spacial score (nSPS) is 22.1. The Morgan fingerprint density at radius 3 is 2.45 bits per heavy atom. The van der Waals surface area contributed by atoms with Gasteiger partial charge in [-0.15, -0.1) is 0 Å². The minimum absolute atomic E-state index is 0.00497. The highest BCUT2D eigenvalue weighted by Crippen LogP contribution is 2.34. The Morgan fingerprint density at radius 1 is 1.05 bits per heavy atom. The number of fused-ring (bicyclic) bond motifs is 2. The maximum Gasteiger partial charge on any atom is 0.323 e. The van der Waals surface area contributed by atoms with Crippen LogP contribution in [0.2, 0.25) is 0 Å². The molecule has 0 saturated heterocycles. The number of ether oxygens (including phenoxy) is 4. The second-order valence-electron chi connectivity index (χ2n) is 11.4. The van der Waals surface area contributed by atoms with Crippen LogP contribution in [0.3, 0.4) is 0 Å². The second-order valence-corrected chi connectivity index (χ2v) is 11.4. The number of amides is 3. The lowest BCUT2D eigenvalue weighted by Gasteiger charge is -2.35. The molecule has 3 amide bonds. The molecule has 0 aromatic heterocycles. The topological polar surface area (TPSA) is 122 Å². The van der Waals surface area contributed by atoms with Crippen LogP contribution in [0.15, 0.2) is 36.4 Å². The first-order valence-corrected chi connectivity index (χ1v) is 14.6. The lowest BCUT2D eigenvalue weighted by Crippen LogP contribution is -2.47. The number of hydrogen-bond donors (Lipinski definition) is 3. The van der Waals surface area contributed by atoms with E-state index in [4.69, 9.17) is 18.9 Å². The van der Waals surface area contributed by atoms with Gasteiger partial charge in [-0.25, -0.2) is 4.79 Å². The molecule has 0 radical (unpaired) electrons. The zero-order valence-electron chi connectivity index (χ0n) is 25.2. The number of nitrogens with one attached hydrogen (secondary N) is 2. The quantitative estimate of drug-likeness (QED) is 0.457. The van der Waals surface area contributed by atoms with Crippen molar-refractivity contribution in [3.8, 4) is 17.2 Å². The third kappa shape index (κ3) is 8.27. The van der Waals surface area contributed by atoms with Gasteiger partial charge in [0.25, 0.3) is 5.91 Å². The number of rotatable bonds is 6. The van der Waals surface area contributed by atoms with E-state index in [-0.39, 0.29) is 37.4 Å². The number of anilines is 2. The molecule has 4 rings (SSSR count). The highest BCUT2D eigenvalue weighted by atomic mass is 16.7. The van der Waals surface area contributed by atoms with Crippen molar-refractivity contribution < 1.29 is 33.6 Å². The van der Waals surface area contributed by atoms with Crippen LogP contribution in [0.25, 0.3) is 0 Å². The summed E-state index contributed by atoms with van der Waals surface area (Å²) in [5.41, 5.74) is 1.28. The number of carbonyl (C=O) groups is 2. The van der Waals surface area contributed by atoms with Crippen LogP contribution in [0.1, 0.15) is 50.4 Å². The van der Waals surface area contributed by atoms with Crippen LogP contribution >= 0.6 is 0 Å². The van der Waals surface area contributed by atoms with E-state index in [1.807, 2.05) is 27.9 Å². The van der Waals surface area contributed by atoms with Crippen molar-refractivity contribution in [2.45, 2.75) is 58.3 Å². The molecule has 3 N–H and O–H groups in total. The van der Waals surface area contributed by atoms with Crippen molar-refractivity contribution in [3.05, 3.63) is 42.0 Å². The van der Waals surface area contributed by atoms with E-state index in [9.17, 15) is 14.7 Å². The molecule has 2 aliphatic heterocycles. The van der Waals surface area contributed by atoms with Crippen molar-refractivity contribution in [1.82, 2.24) is 9.80 Å². The SMILES string of the molecule is C[C@@H]1CN([C@@H](C)CO)C(=O)c2cc(NC(=O)Nc3ccc4c(c3)OCO4)ccc2O[C@@H](C)CCCCO[C@H]1CN(C)C. The van der Waals surface area contributed by atoms with Crippen LogP contribution < -0.4 is 24.8 Å². The lowest BCUT2D eigenvalue weighted by molar-refractivity contribution is -0.0137. The van der Waals surface area contributed by atoms with Crippen LogP contribution in [0.5, 0.6) is 17.2 Å². The summed E-state index contributed by atoms with van der Waals surface area (Å²) in [4.78, 5) is 30.8. The number of urea groups is 1. The van der Waals surface area contributed by atoms with E-state index in [1.165, 1.54) is 0 Å². The standard InChI is InChI=1S/C31H44N4O7/c1-20-16-35(21(2)18-36)30(37)25-14-23(32-31(38)33-24-10-12-27-28(15-24)41-19-40-27)9-11-26(25)42-22(3)8-6-7-13-39-29(20)17-34(4)5/h9-12,14-15,20-22,29,36H,6-8,13,16-19H2,1-5H3,(H2,32,33,38)/t20-,21+,22+,29+/m1/s1. The first kappa shape index (κ1) is 31.4. The average molecular weight is 585 g/mol. The number of aliphatic hydroxyl groups is 1. The molecule has 2 aromatic carbocycles. The van der Waals surface area contributed by atoms with Gasteiger partial charge in [-0.2, -0.15) is 0 Å². The van der Waals surface area contributed by atoms with E-state index >= 15 is 0 Å². The molecule has 0 aliphatic carbocycles. The van der Waals surface area contributed by atoms with Gasteiger partial charge in [0, 0.05) is 43.1 Å². The summed E-state index contributed by atoms with van der Waals surface area (Å²) in [6.07, 6.45) is 2.44. The van der Waals surface area contributed by atoms with Gasteiger partial charge < -0.3 is 44.5 Å². The summed E-state index contributed by atoms with van der Waals surface area (Å²) < 4.78 is 23.3. The van der Waals surface area contributed by atoms with Crippen molar-refractivity contribution >= 4 is 23.3 Å². The van der Waals surface area contributed by atoms with E-state index in [2.05, 4.69) is 22.5 Å². The predicted octanol–water partition coefficient (Wildman–Crippen LogP) is 4.42. The number of aliphatic hydroxyl groups excluding tert-OH is 1. The molecule has 4 atom stereocenters. The van der Waals surface area contributed by atoms with Gasteiger partial charge in [0.15, 0.2) is 11.5 Å². The van der Waals surface area contributed by atoms with Gasteiger partial charge in [0.2, 0.25) is 6.79 Å². The van der Waals surface area contributed by atoms with Gasteiger partial charge in [0.1, 0.15) is 5.75 Å². The Morgan fingerprint density at radius 2 is 1.74 bits per heavy atom. The second kappa shape index (κ2) is 14.6. The van der Waals surface area contributed by atoms with Crippen molar-refractivity contribution in [2.75, 3.05) is 57.8 Å². The average Bonchev–Trinajstić information content (AvgIpc) is 3.42. The third-order valence-corrected chi connectivity index (χ3v) is 7.48. The molecule has 230 valence electrons. The molecule has 0 bridgehead atoms. The Balaban J connectivity index is 1.60. The summed E-state index contributed by atoms with van der Waals surface area (Å²) in [7, 11) is 4.01. The highest BCUT2D eigenvalue weighted by molar-refractivity contribution is 6.02. The van der Waals surface area contributed by atoms with E-state index < -0.39 is 12.1 Å². The number of likely N-dealkylation sites (N-methyl/N-ethyl adjacent to an activating group) is 1. The maximum absolute atomic E-state index is 14.2. The van der Waals surface area contributed by atoms with E-state index in [1.54, 1.807) is 41.3 Å². The first-order chi connectivity index (χ1) is 20.1. The molecule has 2 aromatic rings. The molecule has 11 heteroatoms. The zero-order chi connectivity index (χ0) is 30.2. The van der Waals surface area contributed by atoms with Crippen LogP contribution in [-0.2, 0) is 4.74 Å². The fraction of sp³-hybridized carbons (Fsp3) is 0.548. The molecule has 11 nitrogen and oxygen atoms in total. The Bertz CT molecular complexity index is 1220. The molecule has 42 heavy (non-hydrogen) atoms. The molecule has 0 unspecified atom stereocenters. The zero-order valence-corrected chi connectivity index (χ0v) is 25.2. The third-order valence-electron chi connectivity index (χ3n) is 7.48. The molecular weight excluding hydrogens is 540 g/mol. The molecule has 2 aliphatic rings. The lowest BCUT2D eigenvalue weighted by atomic mass is 10.0. The minimum Gasteiger partial charge on any atom is -0.490 e. The van der Waals surface area contributed by atoms with Crippen molar-refractivity contribution in [2.24, 2.45) is 5.92 Å². The fourth-order valence-corrected chi connectivity index (χ4v) is 5.09. The van der Waals surface area contributed by atoms with Gasteiger partial charge >= 0.3 is 6.03 Å². The molecule has 0 spiro atoms. The Labute approximate surface area is 248 Å². The Kier molecular flexibility index (Phi) is 10.9. The van der Waals surface area contributed by atoms with E-state index in [0.717, 1.165) is 25.8 Å². The van der Waals surface area contributed by atoms with Crippen molar-refractivity contribution in [3.63, 3.8) is 0 Å². The monoisotopic (exact) mass is 584 g/mol. The number of carbonyl (C=O) groups excluding carboxylic acids is 2. The maximum atomic E-state index is 14.2. The van der Waals surface area contributed by atoms with Crippen LogP contribution in [0, 0.1) is 5.92 Å². The molecule has 2 heterocycles. The number of hydrogen-bond acceptors (Lipinski definition) is 8. The molecule has 0 saturated carbocycles. The van der Waals surface area contributed by atoms with E-state index in [0.29, 0.717) is 47.3 Å². The fourth-order valence-electron chi connectivity index (χ4n) is 5.09. The van der Waals surface area contributed by atoms with Gasteiger partial charge in [0.05, 0.1) is 30.4 Å². The summed E-state index contributed by atoms with van der Waals surface area (Å²) in [5, 5.41) is 15.7. The summed E-state index contributed by atoms with van der Waals surface area (Å²) in [6, 6.07) is 9.28. The van der Waals surface area contributed by atoms with Crippen LogP contribution in [0.4, 0.5) is 16.2 Å². The van der Waals surface area contributed by atoms with Crippen LogP contribution in [-0.4, -0.2) is 92.3 Å². The summed E-state index contributed by atoms with van der Waals surface area (Å²) in [5.74, 6) is 1.34. The number of benzene rings is 2. The van der Waals surface area contributed by atoms with Gasteiger partial charge in [-0.05, 0) is 77.5 Å². The smallest absolute Gasteiger partial charge is 0.323 e. The Hall–Kier alpha value is -3.54. The summed E-state index contributed by atoms with van der Waals surface area (Å²) in [6.45, 7) is 7.57. The number of nitrogens with zero attached hydrogens (tertiary/aromatic N) is 2. The van der Waals surface area contributed by atoms with Gasteiger partial charge in [-0.1, -0.05) is 6.92 Å². The molecular formula is C31H44N4O7. The summed E-state index contributed by atoms with van der Waals surface area (Å²) >= 11 is 0. The largest absolute Gasteiger partial charge is 0.490 e. The highest BCUT2D eigenvalue weighted by Gasteiger charge is 2.30. The van der Waals surface area contributed by atoms with Crippen molar-refractivity contribution in [1.29, 1.82) is 0 Å². The first-order valence-electron chi connectivity index (χ1n) is 14.6. The molecule has 0 fully saturated rings. The predicted molar refractivity (Wildman–Crippen MR) is 161 cm³/mol. The minimum atomic E-state index is -0.477.